The summed E-state index contributed by atoms with van der Waals surface area (Å²) in [4.78, 5) is 10.8. The molecule has 0 unspecified atom stereocenters. The molecule has 0 aromatic heterocycles. The Morgan fingerprint density at radius 3 is 2.58 bits per heavy atom. The number of carboxylic acid groups (broad SMARTS) is 1. The van der Waals surface area contributed by atoms with Crippen molar-refractivity contribution in [2.24, 2.45) is 0 Å². The maximum absolute atomic E-state index is 10.6. The highest BCUT2D eigenvalue weighted by molar-refractivity contribution is 8.03. The van der Waals surface area contributed by atoms with Crippen molar-refractivity contribution in [3.63, 3.8) is 0 Å². The van der Waals surface area contributed by atoms with Gasteiger partial charge in [-0.2, -0.15) is 0 Å². The third kappa shape index (κ3) is 3.00. The van der Waals surface area contributed by atoms with E-state index in [4.69, 9.17) is 9.84 Å². The fourth-order valence-electron chi connectivity index (χ4n) is 0.666. The molecule has 68 valence electrons. The van der Waals surface area contributed by atoms with Crippen LogP contribution in [0.1, 0.15) is 6.92 Å². The molecule has 0 radical (unpaired) electrons. The Bertz CT molecular complexity index is 208. The highest BCUT2D eigenvalue weighted by Gasteiger charge is 2.11. The van der Waals surface area contributed by atoms with Crippen LogP contribution in [0, 0.1) is 0 Å². The van der Waals surface area contributed by atoms with Gasteiger partial charge in [-0.05, 0) is 19.3 Å². The van der Waals surface area contributed by atoms with Gasteiger partial charge >= 0.3 is 5.97 Å². The molecular formula is C8H12O3S. The molecule has 0 bridgehead atoms. The lowest BCUT2D eigenvalue weighted by Crippen LogP contribution is -2.02. The molecule has 0 heterocycles. The van der Waals surface area contributed by atoms with Crippen LogP contribution in [0.15, 0.2) is 23.3 Å². The number of rotatable bonds is 5. The van der Waals surface area contributed by atoms with E-state index in [9.17, 15) is 4.79 Å². The van der Waals surface area contributed by atoms with E-state index in [0.29, 0.717) is 12.4 Å². The van der Waals surface area contributed by atoms with Crippen molar-refractivity contribution >= 4 is 17.7 Å². The number of hydrogen-bond donors (Lipinski definition) is 1. The Hall–Kier alpha value is -0.900. The summed E-state index contributed by atoms with van der Waals surface area (Å²) in [6, 6.07) is 0. The van der Waals surface area contributed by atoms with E-state index in [1.54, 1.807) is 13.2 Å². The zero-order valence-corrected chi connectivity index (χ0v) is 7.98. The summed E-state index contributed by atoms with van der Waals surface area (Å²) in [6.45, 7) is 5.71. The largest absolute Gasteiger partial charge is 0.492 e. The van der Waals surface area contributed by atoms with E-state index in [1.165, 1.54) is 6.08 Å². The minimum atomic E-state index is -0.981. The third-order valence-electron chi connectivity index (χ3n) is 1.11. The van der Waals surface area contributed by atoms with Crippen LogP contribution in [-0.4, -0.2) is 23.9 Å². The molecule has 0 atom stereocenters. The van der Waals surface area contributed by atoms with Gasteiger partial charge in [0.15, 0.2) is 0 Å². The molecule has 12 heavy (non-hydrogen) atoms. The highest BCUT2D eigenvalue weighted by atomic mass is 32.2. The maximum atomic E-state index is 10.6. The van der Waals surface area contributed by atoms with Gasteiger partial charge in [0.05, 0.1) is 6.61 Å². The van der Waals surface area contributed by atoms with Gasteiger partial charge in [-0.1, -0.05) is 6.58 Å². The van der Waals surface area contributed by atoms with Gasteiger partial charge in [-0.15, -0.1) is 11.8 Å². The van der Waals surface area contributed by atoms with E-state index in [1.807, 2.05) is 0 Å². The van der Waals surface area contributed by atoms with Crippen molar-refractivity contribution in [2.45, 2.75) is 6.92 Å². The molecule has 0 aromatic carbocycles. The van der Waals surface area contributed by atoms with E-state index >= 15 is 0 Å². The van der Waals surface area contributed by atoms with Crippen LogP contribution in [0.25, 0.3) is 0 Å². The molecule has 0 saturated carbocycles. The van der Waals surface area contributed by atoms with E-state index in [2.05, 4.69) is 6.58 Å². The normalized spacial score (nSPS) is 11.8. The summed E-state index contributed by atoms with van der Waals surface area (Å²) in [5.74, 6) is -0.650. The standard InChI is InChI=1S/C8H12O3S/c1-4-6(11-5-2)7(12-3)8(9)10/h4H,1,5H2,2-3H3,(H,9,10)/b7-6+. The Labute approximate surface area is 76.1 Å². The second kappa shape index (κ2) is 5.71. The molecule has 0 saturated heterocycles. The average molecular weight is 188 g/mol. The number of thioether (sulfide) groups is 1. The molecular weight excluding hydrogens is 176 g/mol. The van der Waals surface area contributed by atoms with Crippen molar-refractivity contribution in [3.8, 4) is 0 Å². The molecule has 0 aliphatic heterocycles. The van der Waals surface area contributed by atoms with Crippen molar-refractivity contribution in [2.75, 3.05) is 12.9 Å². The minimum absolute atomic E-state index is 0.187. The van der Waals surface area contributed by atoms with Crippen molar-refractivity contribution < 1.29 is 14.6 Å². The SMILES string of the molecule is C=C/C(OCC)=C(\SC)C(=O)O. The predicted molar refractivity (Wildman–Crippen MR) is 50.0 cm³/mol. The lowest BCUT2D eigenvalue weighted by atomic mass is 10.4. The minimum Gasteiger partial charge on any atom is -0.492 e. The van der Waals surface area contributed by atoms with Crippen molar-refractivity contribution in [1.29, 1.82) is 0 Å². The maximum Gasteiger partial charge on any atom is 0.345 e. The Balaban J connectivity index is 4.73. The summed E-state index contributed by atoms with van der Waals surface area (Å²) in [7, 11) is 0. The highest BCUT2D eigenvalue weighted by Crippen LogP contribution is 2.18. The van der Waals surface area contributed by atoms with Gasteiger partial charge in [0.1, 0.15) is 10.7 Å². The second-order valence-corrected chi connectivity index (χ2v) is 2.66. The van der Waals surface area contributed by atoms with Crippen molar-refractivity contribution in [1.82, 2.24) is 0 Å². The average Bonchev–Trinajstić information content (AvgIpc) is 2.03. The lowest BCUT2D eigenvalue weighted by molar-refractivity contribution is -0.132. The monoisotopic (exact) mass is 188 g/mol. The lowest BCUT2D eigenvalue weighted by Gasteiger charge is -2.06. The number of carboxylic acids is 1. The van der Waals surface area contributed by atoms with Gasteiger partial charge in [-0.3, -0.25) is 0 Å². The molecule has 4 heteroatoms. The van der Waals surface area contributed by atoms with E-state index < -0.39 is 5.97 Å². The molecule has 0 spiro atoms. The smallest absolute Gasteiger partial charge is 0.345 e. The molecule has 0 aromatic rings. The molecule has 3 nitrogen and oxygen atoms in total. The van der Waals surface area contributed by atoms with Crippen LogP contribution in [0.3, 0.4) is 0 Å². The zero-order chi connectivity index (χ0) is 9.56. The van der Waals surface area contributed by atoms with Crippen LogP contribution < -0.4 is 0 Å². The molecule has 0 aliphatic rings. The van der Waals surface area contributed by atoms with Gasteiger partial charge in [0.2, 0.25) is 0 Å². The van der Waals surface area contributed by atoms with E-state index in [0.717, 1.165) is 11.8 Å². The van der Waals surface area contributed by atoms with Crippen LogP contribution >= 0.6 is 11.8 Å². The Morgan fingerprint density at radius 2 is 2.33 bits per heavy atom. The van der Waals surface area contributed by atoms with Crippen LogP contribution in [0.4, 0.5) is 0 Å². The summed E-state index contributed by atoms with van der Waals surface area (Å²) in [6.07, 6.45) is 3.09. The molecule has 0 fully saturated rings. The fourth-order valence-corrected chi connectivity index (χ4v) is 1.18. The zero-order valence-electron chi connectivity index (χ0n) is 7.16. The molecule has 1 N–H and O–H groups in total. The summed E-state index contributed by atoms with van der Waals surface area (Å²) in [5, 5.41) is 8.69. The Morgan fingerprint density at radius 1 is 1.75 bits per heavy atom. The van der Waals surface area contributed by atoms with Crippen LogP contribution in [-0.2, 0) is 9.53 Å². The van der Waals surface area contributed by atoms with Gasteiger partial charge in [0, 0.05) is 0 Å². The quantitative estimate of drug-likeness (QED) is 0.406. The summed E-state index contributed by atoms with van der Waals surface area (Å²) in [5.41, 5.74) is 0. The first-order chi connectivity index (χ1) is 5.67. The number of ether oxygens (including phenoxy) is 1. The number of aliphatic carboxylic acids is 1. The third-order valence-corrected chi connectivity index (χ3v) is 1.89. The fraction of sp³-hybridized carbons (Fsp3) is 0.375. The summed E-state index contributed by atoms with van der Waals surface area (Å²) < 4.78 is 5.07. The first-order valence-corrected chi connectivity index (χ1v) is 4.66. The van der Waals surface area contributed by atoms with E-state index in [-0.39, 0.29) is 4.91 Å². The Kier molecular flexibility index (Phi) is 5.28. The van der Waals surface area contributed by atoms with Gasteiger partial charge in [0.25, 0.3) is 0 Å². The topological polar surface area (TPSA) is 46.5 Å². The first kappa shape index (κ1) is 11.1. The predicted octanol–water partition coefficient (Wildman–Crippen LogP) is 1.87. The van der Waals surface area contributed by atoms with Gasteiger partial charge in [-0.25, -0.2) is 4.79 Å². The number of allylic oxidation sites excluding steroid dienone is 1. The first-order valence-electron chi connectivity index (χ1n) is 3.44. The molecule has 0 amide bonds. The number of carbonyl (C=O) groups is 1. The second-order valence-electron chi connectivity index (χ2n) is 1.84. The van der Waals surface area contributed by atoms with Crippen LogP contribution in [0.2, 0.25) is 0 Å². The number of hydrogen-bond acceptors (Lipinski definition) is 3. The van der Waals surface area contributed by atoms with Gasteiger partial charge < -0.3 is 9.84 Å². The molecule has 0 aliphatic carbocycles. The van der Waals surface area contributed by atoms with Crippen molar-refractivity contribution in [3.05, 3.63) is 23.3 Å². The summed E-state index contributed by atoms with van der Waals surface area (Å²) >= 11 is 1.13. The van der Waals surface area contributed by atoms with Crippen LogP contribution in [0.5, 0.6) is 0 Å². The molecule has 0 rings (SSSR count).